The van der Waals surface area contributed by atoms with Gasteiger partial charge in [-0.05, 0) is 89.9 Å². The van der Waals surface area contributed by atoms with Crippen molar-refractivity contribution >= 4 is 23.9 Å². The molecule has 1 aliphatic rings. The molecule has 1 heterocycles. The number of hydrogen-bond donors (Lipinski definition) is 3. The quantitative estimate of drug-likeness (QED) is 0.0228. The molecule has 77 heavy (non-hydrogen) atoms. The Bertz CT molecular complexity index is 1620. The van der Waals surface area contributed by atoms with Crippen molar-refractivity contribution in [1.82, 2.24) is 0 Å². The van der Waals surface area contributed by atoms with Gasteiger partial charge in [-0.3, -0.25) is 14.4 Å². The third-order valence-electron chi connectivity index (χ3n) is 13.8. The van der Waals surface area contributed by atoms with Gasteiger partial charge in [0, 0.05) is 19.3 Å². The first kappa shape index (κ1) is 71.2. The molecule has 0 aromatic heterocycles. The number of carboxylic acids is 1. The van der Waals surface area contributed by atoms with E-state index in [-0.39, 0.29) is 25.9 Å². The topological polar surface area (TPSA) is 175 Å². The summed E-state index contributed by atoms with van der Waals surface area (Å²) >= 11 is 0. The minimum Gasteiger partial charge on any atom is -0.479 e. The first-order valence-electron chi connectivity index (χ1n) is 30.9. The molecule has 0 spiro atoms. The third kappa shape index (κ3) is 42.7. The van der Waals surface area contributed by atoms with Crippen LogP contribution in [0.15, 0.2) is 72.9 Å². The standard InChI is InChI=1S/C65H110O12/c1-4-7-10-13-16-19-22-25-27-28-29-30-32-34-36-39-42-45-48-51-57(66)73-54-56(75-58(67)52-49-46-43-40-37-33-24-21-18-15-12-9-6-3)55-74-65-63(61(70)60(69)62(77-65)64(71)72)76-59(68)53-50-47-44-41-38-35-31-26-23-20-17-14-11-8-5-2/h7,10,16,19,25-27,29-31,34,36,56,60-63,65,69-70H,4-6,8-9,11-15,17-18,20-24,28,32-33,35,37-55H2,1-3H3,(H,71,72)/b10-7-,19-16-,27-25-,30-29-,31-26-,36-34-. The Kier molecular flexibility index (Phi) is 48.8. The number of unbranched alkanes of at least 4 members (excludes halogenated alkanes) is 26. The van der Waals surface area contributed by atoms with E-state index in [0.717, 1.165) is 109 Å². The zero-order valence-electron chi connectivity index (χ0n) is 48.7. The largest absolute Gasteiger partial charge is 0.479 e. The summed E-state index contributed by atoms with van der Waals surface area (Å²) in [6.45, 7) is 5.85. The second-order valence-electron chi connectivity index (χ2n) is 21.0. The van der Waals surface area contributed by atoms with Crippen LogP contribution < -0.4 is 0 Å². The minimum absolute atomic E-state index is 0.0469. The molecule has 0 aliphatic carbocycles. The molecule has 0 radical (unpaired) electrons. The Morgan fingerprint density at radius 3 is 1.27 bits per heavy atom. The SMILES string of the molecule is CC/C=C\C/C=C\C/C=C\C/C=C\C/C=C\CCCCCC(=O)OCC(COC1OC(C(=O)O)C(O)C(O)C1OC(=O)CCCCCCC/C=C\CCCCCCCC)OC(=O)CCCCCCCCCCCCCCC. The number of rotatable bonds is 52. The summed E-state index contributed by atoms with van der Waals surface area (Å²) in [5.74, 6) is -3.16. The van der Waals surface area contributed by atoms with E-state index in [4.69, 9.17) is 23.7 Å². The van der Waals surface area contributed by atoms with E-state index in [9.17, 15) is 34.5 Å². The average Bonchev–Trinajstić information content (AvgIpc) is 3.42. The van der Waals surface area contributed by atoms with Gasteiger partial charge >= 0.3 is 23.9 Å². The van der Waals surface area contributed by atoms with Gasteiger partial charge in [-0.25, -0.2) is 4.79 Å². The first-order valence-corrected chi connectivity index (χ1v) is 30.9. The molecule has 0 amide bonds. The molecule has 6 unspecified atom stereocenters. The maximum atomic E-state index is 13.2. The van der Waals surface area contributed by atoms with Crippen molar-refractivity contribution in [3.05, 3.63) is 72.9 Å². The molecule has 0 aromatic carbocycles. The van der Waals surface area contributed by atoms with Crippen LogP contribution in [0.25, 0.3) is 0 Å². The van der Waals surface area contributed by atoms with Gasteiger partial charge in [0.2, 0.25) is 0 Å². The van der Waals surface area contributed by atoms with Gasteiger partial charge in [0.05, 0.1) is 6.61 Å². The minimum atomic E-state index is -1.91. The van der Waals surface area contributed by atoms with E-state index in [0.29, 0.717) is 19.3 Å². The monoisotopic (exact) mass is 1080 g/mol. The maximum Gasteiger partial charge on any atom is 0.335 e. The van der Waals surface area contributed by atoms with Crippen LogP contribution >= 0.6 is 0 Å². The van der Waals surface area contributed by atoms with Gasteiger partial charge < -0.3 is 39.0 Å². The van der Waals surface area contributed by atoms with E-state index in [2.05, 4.69) is 93.7 Å². The molecule has 0 bridgehead atoms. The van der Waals surface area contributed by atoms with E-state index < -0.39 is 67.3 Å². The summed E-state index contributed by atoms with van der Waals surface area (Å²) < 4.78 is 28.4. The fraction of sp³-hybridized carbons (Fsp3) is 0.754. The lowest BCUT2D eigenvalue weighted by Crippen LogP contribution is -2.61. The Labute approximate surface area is 468 Å². The Hall–Kier alpha value is -3.84. The number of carboxylic acid groups (broad SMARTS) is 1. The number of allylic oxidation sites excluding steroid dienone is 12. The summed E-state index contributed by atoms with van der Waals surface area (Å²) in [6.07, 6.45) is 54.4. The lowest BCUT2D eigenvalue weighted by atomic mass is 9.98. The molecular weight excluding hydrogens is 973 g/mol. The molecular formula is C65H110O12. The van der Waals surface area contributed by atoms with Crippen molar-refractivity contribution in [1.29, 1.82) is 0 Å². The van der Waals surface area contributed by atoms with E-state index in [1.165, 1.54) is 96.3 Å². The van der Waals surface area contributed by atoms with Gasteiger partial charge in [-0.2, -0.15) is 0 Å². The van der Waals surface area contributed by atoms with Crippen LogP contribution in [0.1, 0.15) is 265 Å². The summed E-state index contributed by atoms with van der Waals surface area (Å²) in [5, 5.41) is 31.5. The van der Waals surface area contributed by atoms with Crippen LogP contribution in [0.4, 0.5) is 0 Å². The van der Waals surface area contributed by atoms with Gasteiger partial charge in [-0.1, -0.05) is 229 Å². The van der Waals surface area contributed by atoms with Crippen molar-refractivity contribution in [2.45, 2.75) is 302 Å². The fourth-order valence-electron chi connectivity index (χ4n) is 9.04. The summed E-state index contributed by atoms with van der Waals surface area (Å²) in [4.78, 5) is 51.2. The van der Waals surface area contributed by atoms with Crippen LogP contribution in [0, 0.1) is 0 Å². The molecule has 1 saturated heterocycles. The van der Waals surface area contributed by atoms with Crippen LogP contribution in [0.5, 0.6) is 0 Å². The van der Waals surface area contributed by atoms with Gasteiger partial charge in [-0.15, -0.1) is 0 Å². The van der Waals surface area contributed by atoms with E-state index >= 15 is 0 Å². The molecule has 12 heteroatoms. The van der Waals surface area contributed by atoms with Crippen molar-refractivity contribution in [2.24, 2.45) is 0 Å². The number of aliphatic carboxylic acids is 1. The molecule has 0 saturated carbocycles. The summed E-state index contributed by atoms with van der Waals surface area (Å²) in [5.41, 5.74) is 0. The number of esters is 3. The van der Waals surface area contributed by atoms with Crippen molar-refractivity contribution in [3.8, 4) is 0 Å². The molecule has 1 fully saturated rings. The van der Waals surface area contributed by atoms with Gasteiger partial charge in [0.15, 0.2) is 24.6 Å². The van der Waals surface area contributed by atoms with E-state index in [1.807, 2.05) is 0 Å². The second-order valence-corrected chi connectivity index (χ2v) is 21.0. The smallest absolute Gasteiger partial charge is 0.335 e. The van der Waals surface area contributed by atoms with Crippen molar-refractivity contribution in [2.75, 3.05) is 13.2 Å². The number of carbonyl (C=O) groups is 4. The first-order chi connectivity index (χ1) is 37.6. The maximum absolute atomic E-state index is 13.2. The second kappa shape index (κ2) is 52.8. The van der Waals surface area contributed by atoms with Gasteiger partial charge in [0.1, 0.15) is 18.8 Å². The molecule has 442 valence electrons. The highest BCUT2D eigenvalue weighted by molar-refractivity contribution is 5.74. The zero-order chi connectivity index (χ0) is 56.1. The molecule has 0 aromatic rings. The van der Waals surface area contributed by atoms with Crippen LogP contribution in [-0.4, -0.2) is 89.2 Å². The normalized spacial score (nSPS) is 18.5. The summed E-state index contributed by atoms with van der Waals surface area (Å²) in [6, 6.07) is 0. The highest BCUT2D eigenvalue weighted by Crippen LogP contribution is 2.26. The lowest BCUT2D eigenvalue weighted by molar-refractivity contribution is -0.301. The Morgan fingerprint density at radius 1 is 0.442 bits per heavy atom. The molecule has 1 rings (SSSR count). The molecule has 6 atom stereocenters. The Balaban J connectivity index is 2.69. The summed E-state index contributed by atoms with van der Waals surface area (Å²) in [7, 11) is 0. The average molecular weight is 1080 g/mol. The lowest BCUT2D eigenvalue weighted by Gasteiger charge is -2.40. The molecule has 1 aliphatic heterocycles. The fourth-order valence-corrected chi connectivity index (χ4v) is 9.04. The number of ether oxygens (including phenoxy) is 5. The number of aliphatic hydroxyl groups excluding tert-OH is 2. The van der Waals surface area contributed by atoms with Crippen LogP contribution in [0.3, 0.4) is 0 Å². The van der Waals surface area contributed by atoms with Crippen LogP contribution in [-0.2, 0) is 42.9 Å². The molecule has 3 N–H and O–H groups in total. The molecule has 12 nitrogen and oxygen atoms in total. The highest BCUT2D eigenvalue weighted by atomic mass is 16.7. The number of carbonyl (C=O) groups excluding carboxylic acids is 3. The predicted octanol–water partition coefficient (Wildman–Crippen LogP) is 16.1. The third-order valence-corrected chi connectivity index (χ3v) is 13.8. The van der Waals surface area contributed by atoms with Crippen molar-refractivity contribution < 1.29 is 58.2 Å². The van der Waals surface area contributed by atoms with Crippen molar-refractivity contribution in [3.63, 3.8) is 0 Å². The Morgan fingerprint density at radius 2 is 0.818 bits per heavy atom. The van der Waals surface area contributed by atoms with Crippen LogP contribution in [0.2, 0.25) is 0 Å². The highest BCUT2D eigenvalue weighted by Gasteiger charge is 2.50. The predicted molar refractivity (Wildman–Crippen MR) is 312 cm³/mol. The number of aliphatic hydroxyl groups is 2. The van der Waals surface area contributed by atoms with Gasteiger partial charge in [0.25, 0.3) is 0 Å². The number of hydrogen-bond acceptors (Lipinski definition) is 11. The zero-order valence-corrected chi connectivity index (χ0v) is 48.7. The van der Waals surface area contributed by atoms with E-state index in [1.54, 1.807) is 0 Å².